The number of nitrogens with one attached hydrogen (secondary N) is 1. The highest BCUT2D eigenvalue weighted by atomic mass is 35.5. The lowest BCUT2D eigenvalue weighted by atomic mass is 10.0. The Bertz CT molecular complexity index is 1710. The maximum atomic E-state index is 14.5. The van der Waals surface area contributed by atoms with Crippen molar-refractivity contribution in [2.45, 2.75) is 51.1 Å². The molecule has 0 aromatic heterocycles. The maximum Gasteiger partial charge on any atom is 0.264 e. The van der Waals surface area contributed by atoms with Crippen molar-refractivity contribution in [2.75, 3.05) is 17.4 Å². The van der Waals surface area contributed by atoms with Crippen LogP contribution >= 0.6 is 23.2 Å². The number of hydrogen-bond donors (Lipinski definition) is 1. The van der Waals surface area contributed by atoms with Crippen LogP contribution in [-0.4, -0.2) is 44.3 Å². The number of halogens is 2. The van der Waals surface area contributed by atoms with E-state index in [9.17, 15) is 18.0 Å². The van der Waals surface area contributed by atoms with E-state index < -0.39 is 28.5 Å². The summed E-state index contributed by atoms with van der Waals surface area (Å²) < 4.78 is 29.3. The van der Waals surface area contributed by atoms with Crippen molar-refractivity contribution in [1.82, 2.24) is 10.2 Å². The van der Waals surface area contributed by atoms with Crippen molar-refractivity contribution in [1.29, 1.82) is 0 Å². The van der Waals surface area contributed by atoms with Crippen molar-refractivity contribution >= 4 is 50.7 Å². The number of anilines is 1. The van der Waals surface area contributed by atoms with Crippen LogP contribution < -0.4 is 9.62 Å². The van der Waals surface area contributed by atoms with Gasteiger partial charge in [0.05, 0.1) is 10.6 Å². The van der Waals surface area contributed by atoms with Crippen molar-refractivity contribution in [2.24, 2.45) is 0 Å². The van der Waals surface area contributed by atoms with Crippen LogP contribution in [0.4, 0.5) is 5.69 Å². The zero-order valence-corrected chi connectivity index (χ0v) is 27.9. The van der Waals surface area contributed by atoms with Gasteiger partial charge >= 0.3 is 0 Å². The SMILES string of the molecule is CCCNC(=O)[C@@H](Cc1ccccc1)N(Cc1cccc(C)c1)C(=O)CN(c1cc(Cl)cc(Cl)c1)S(=O)(=O)c1ccc(C)cc1. The molecule has 1 atom stereocenters. The number of nitrogens with zero attached hydrogens (tertiary/aromatic N) is 2. The molecule has 0 aliphatic rings. The van der Waals surface area contributed by atoms with Crippen molar-refractivity contribution in [3.63, 3.8) is 0 Å². The van der Waals surface area contributed by atoms with Gasteiger partial charge in [-0.3, -0.25) is 13.9 Å². The van der Waals surface area contributed by atoms with Crippen LogP contribution in [0.5, 0.6) is 0 Å². The lowest BCUT2D eigenvalue weighted by molar-refractivity contribution is -0.140. The van der Waals surface area contributed by atoms with E-state index in [1.54, 1.807) is 12.1 Å². The Hall–Kier alpha value is -3.85. The number of carbonyl (C=O) groups is 2. The Morgan fingerprint density at radius 3 is 2.07 bits per heavy atom. The molecule has 236 valence electrons. The second-order valence-electron chi connectivity index (χ2n) is 11.0. The summed E-state index contributed by atoms with van der Waals surface area (Å²) in [6, 6.07) is 26.9. The molecule has 0 bridgehead atoms. The Labute approximate surface area is 275 Å². The zero-order chi connectivity index (χ0) is 32.6. The largest absolute Gasteiger partial charge is 0.354 e. The zero-order valence-electron chi connectivity index (χ0n) is 25.5. The molecule has 10 heteroatoms. The molecule has 0 fully saturated rings. The third-order valence-corrected chi connectivity index (χ3v) is 9.50. The van der Waals surface area contributed by atoms with Crippen LogP contribution in [-0.2, 0) is 32.6 Å². The van der Waals surface area contributed by atoms with Gasteiger partial charge in [0.1, 0.15) is 12.6 Å². The predicted octanol–water partition coefficient (Wildman–Crippen LogP) is 6.97. The van der Waals surface area contributed by atoms with Gasteiger partial charge in [0.25, 0.3) is 10.0 Å². The highest BCUT2D eigenvalue weighted by Gasteiger charge is 2.34. The van der Waals surface area contributed by atoms with Crippen molar-refractivity contribution < 1.29 is 18.0 Å². The van der Waals surface area contributed by atoms with Crippen LogP contribution in [0.2, 0.25) is 10.0 Å². The highest BCUT2D eigenvalue weighted by Crippen LogP contribution is 2.30. The number of aryl methyl sites for hydroxylation is 2. The Morgan fingerprint density at radius 1 is 0.800 bits per heavy atom. The van der Waals surface area contributed by atoms with Crippen LogP contribution in [0.1, 0.15) is 35.6 Å². The molecule has 0 radical (unpaired) electrons. The highest BCUT2D eigenvalue weighted by molar-refractivity contribution is 7.92. The van der Waals surface area contributed by atoms with Gasteiger partial charge < -0.3 is 10.2 Å². The first-order chi connectivity index (χ1) is 21.5. The molecule has 0 aliphatic heterocycles. The first kappa shape index (κ1) is 34.0. The topological polar surface area (TPSA) is 86.8 Å². The molecular formula is C35H37Cl2N3O4S. The molecule has 0 heterocycles. The fourth-order valence-electron chi connectivity index (χ4n) is 4.98. The van der Waals surface area contributed by atoms with Crippen LogP contribution in [0.3, 0.4) is 0 Å². The average Bonchev–Trinajstić information content (AvgIpc) is 3.00. The van der Waals surface area contributed by atoms with Gasteiger partial charge in [0.2, 0.25) is 11.8 Å². The summed E-state index contributed by atoms with van der Waals surface area (Å²) in [5, 5.41) is 3.38. The fraction of sp³-hybridized carbons (Fsp3) is 0.257. The van der Waals surface area contributed by atoms with E-state index in [2.05, 4.69) is 5.32 Å². The summed E-state index contributed by atoms with van der Waals surface area (Å²) in [7, 11) is -4.26. The van der Waals surface area contributed by atoms with E-state index >= 15 is 0 Å². The average molecular weight is 667 g/mol. The fourth-order valence-corrected chi connectivity index (χ4v) is 6.89. The number of carbonyl (C=O) groups excluding carboxylic acids is 2. The minimum absolute atomic E-state index is 0.00348. The van der Waals surface area contributed by atoms with Crippen LogP contribution in [0, 0.1) is 13.8 Å². The molecule has 0 saturated carbocycles. The minimum atomic E-state index is -4.26. The molecule has 4 rings (SSSR count). The van der Waals surface area contributed by atoms with Crippen molar-refractivity contribution in [3.8, 4) is 0 Å². The minimum Gasteiger partial charge on any atom is -0.354 e. The monoisotopic (exact) mass is 665 g/mol. The van der Waals surface area contributed by atoms with Gasteiger partial charge in [-0.25, -0.2) is 8.42 Å². The predicted molar refractivity (Wildman–Crippen MR) is 181 cm³/mol. The molecule has 0 saturated heterocycles. The third-order valence-electron chi connectivity index (χ3n) is 7.28. The summed E-state index contributed by atoms with van der Waals surface area (Å²) in [6.45, 7) is 5.69. The normalized spacial score (nSPS) is 11.9. The van der Waals surface area contributed by atoms with E-state index in [4.69, 9.17) is 23.2 Å². The molecular weight excluding hydrogens is 629 g/mol. The first-order valence-corrected chi connectivity index (χ1v) is 16.9. The molecule has 4 aromatic rings. The van der Waals surface area contributed by atoms with Gasteiger partial charge in [-0.2, -0.15) is 0 Å². The second-order valence-corrected chi connectivity index (χ2v) is 13.7. The summed E-state index contributed by atoms with van der Waals surface area (Å²) in [6.07, 6.45) is 0.954. The number of rotatable bonds is 13. The van der Waals surface area contributed by atoms with E-state index in [1.807, 2.05) is 75.4 Å². The van der Waals surface area contributed by atoms with Crippen LogP contribution in [0.25, 0.3) is 0 Å². The summed E-state index contributed by atoms with van der Waals surface area (Å²) in [5.74, 6) is -0.878. The van der Waals surface area contributed by atoms with Crippen LogP contribution in [0.15, 0.2) is 102 Å². The number of sulfonamides is 1. The van der Waals surface area contributed by atoms with Gasteiger partial charge in [-0.15, -0.1) is 0 Å². The number of amides is 2. The first-order valence-electron chi connectivity index (χ1n) is 14.7. The van der Waals surface area contributed by atoms with E-state index in [-0.39, 0.29) is 39.5 Å². The molecule has 4 aromatic carbocycles. The standard InChI is InChI=1S/C35H37Cl2N3O4S/c1-4-17-38-35(42)33(19-27-10-6-5-7-11-27)39(23-28-12-8-9-26(3)18-28)34(41)24-40(31-21-29(36)20-30(37)22-31)45(43,44)32-15-13-25(2)14-16-32/h5-16,18,20-22,33H,4,17,19,23-24H2,1-3H3,(H,38,42)/t33-/m1/s1. The van der Waals surface area contributed by atoms with E-state index in [0.717, 1.165) is 26.6 Å². The second kappa shape index (κ2) is 15.4. The van der Waals surface area contributed by atoms with Gasteiger partial charge in [0.15, 0.2) is 0 Å². The molecule has 1 N–H and O–H groups in total. The van der Waals surface area contributed by atoms with Gasteiger partial charge in [0, 0.05) is 29.6 Å². The number of hydrogen-bond acceptors (Lipinski definition) is 4. The lowest BCUT2D eigenvalue weighted by Gasteiger charge is -2.34. The Balaban J connectivity index is 1.82. The van der Waals surface area contributed by atoms with Crippen molar-refractivity contribution in [3.05, 3.63) is 129 Å². The summed E-state index contributed by atoms with van der Waals surface area (Å²) >= 11 is 12.6. The molecule has 0 aliphatic carbocycles. The summed E-state index contributed by atoms with van der Waals surface area (Å²) in [5.41, 5.74) is 3.68. The smallest absolute Gasteiger partial charge is 0.264 e. The quantitative estimate of drug-likeness (QED) is 0.167. The molecule has 2 amide bonds. The maximum absolute atomic E-state index is 14.5. The lowest BCUT2D eigenvalue weighted by Crippen LogP contribution is -2.53. The van der Waals surface area contributed by atoms with Gasteiger partial charge in [-0.1, -0.05) is 108 Å². The summed E-state index contributed by atoms with van der Waals surface area (Å²) in [4.78, 5) is 29.7. The molecule has 7 nitrogen and oxygen atoms in total. The number of benzene rings is 4. The van der Waals surface area contributed by atoms with E-state index in [1.165, 1.54) is 35.2 Å². The third kappa shape index (κ3) is 9.10. The molecule has 0 spiro atoms. The Morgan fingerprint density at radius 2 is 1.44 bits per heavy atom. The molecule has 0 unspecified atom stereocenters. The van der Waals surface area contributed by atoms with Gasteiger partial charge in [-0.05, 0) is 61.7 Å². The van der Waals surface area contributed by atoms with E-state index in [0.29, 0.717) is 13.0 Å². The molecule has 45 heavy (non-hydrogen) atoms. The Kier molecular flexibility index (Phi) is 11.7.